The number of nitrogens with one attached hydrogen (secondary N) is 1. The van der Waals surface area contributed by atoms with Gasteiger partial charge in [0, 0.05) is 18.6 Å². The molecule has 6 nitrogen and oxygen atoms in total. The van der Waals surface area contributed by atoms with Gasteiger partial charge in [-0.05, 0) is 19.1 Å². The first-order valence-corrected chi connectivity index (χ1v) is 7.45. The Morgan fingerprint density at radius 1 is 1.41 bits per heavy atom. The molecule has 7 heteroatoms. The topological polar surface area (TPSA) is 82.8 Å². The molecule has 1 saturated heterocycles. The molecule has 0 aromatic heterocycles. The molecular formula is C15H23BN2O4. The fourth-order valence-electron chi connectivity index (χ4n) is 2.18. The monoisotopic (exact) mass is 306 g/mol. The average molecular weight is 306 g/mol. The van der Waals surface area contributed by atoms with Crippen LogP contribution < -0.4 is 11.1 Å². The van der Waals surface area contributed by atoms with E-state index < -0.39 is 5.97 Å². The van der Waals surface area contributed by atoms with Gasteiger partial charge in [0.05, 0.1) is 30.0 Å². The van der Waals surface area contributed by atoms with Crippen molar-refractivity contribution in [1.29, 1.82) is 0 Å². The van der Waals surface area contributed by atoms with Gasteiger partial charge in [-0.3, -0.25) is 0 Å². The number of carbonyl (C=O) groups excluding carboxylic acids is 1. The van der Waals surface area contributed by atoms with Crippen LogP contribution in [0.1, 0.15) is 31.1 Å². The molecule has 0 amide bonds. The van der Waals surface area contributed by atoms with E-state index in [1.54, 1.807) is 25.1 Å². The molecule has 3 N–H and O–H groups in total. The molecule has 1 aromatic carbocycles. The van der Waals surface area contributed by atoms with Crippen molar-refractivity contribution in [3.8, 4) is 0 Å². The van der Waals surface area contributed by atoms with E-state index in [0.29, 0.717) is 43.2 Å². The first-order chi connectivity index (χ1) is 10.4. The normalized spacial score (nSPS) is 17.1. The summed E-state index contributed by atoms with van der Waals surface area (Å²) in [6, 6.07) is 5.14. The van der Waals surface area contributed by atoms with E-state index in [1.165, 1.54) is 0 Å². The predicted octanol–water partition coefficient (Wildman–Crippen LogP) is 1.96. The summed E-state index contributed by atoms with van der Waals surface area (Å²) in [5.74, 6) is -0.399. The van der Waals surface area contributed by atoms with E-state index in [4.69, 9.17) is 19.8 Å². The lowest BCUT2D eigenvalue weighted by atomic mass is 9.83. The van der Waals surface area contributed by atoms with Gasteiger partial charge in [0.15, 0.2) is 0 Å². The molecule has 120 valence electrons. The number of hydrogen-bond acceptors (Lipinski definition) is 6. The van der Waals surface area contributed by atoms with Crippen LogP contribution in [0.15, 0.2) is 18.2 Å². The van der Waals surface area contributed by atoms with E-state index in [-0.39, 0.29) is 12.5 Å². The van der Waals surface area contributed by atoms with Crippen LogP contribution in [-0.2, 0) is 14.0 Å². The zero-order valence-corrected chi connectivity index (χ0v) is 13.3. The van der Waals surface area contributed by atoms with Crippen LogP contribution in [0.4, 0.5) is 11.4 Å². The van der Waals surface area contributed by atoms with Gasteiger partial charge in [-0.25, -0.2) is 4.79 Å². The molecule has 2 rings (SSSR count). The van der Waals surface area contributed by atoms with Crippen molar-refractivity contribution in [2.24, 2.45) is 5.41 Å². The van der Waals surface area contributed by atoms with Crippen LogP contribution in [0, 0.1) is 5.41 Å². The second kappa shape index (κ2) is 7.02. The van der Waals surface area contributed by atoms with E-state index in [9.17, 15) is 4.79 Å². The Bertz CT molecular complexity index is 526. The van der Waals surface area contributed by atoms with Gasteiger partial charge in [0.25, 0.3) is 0 Å². The molecular weight excluding hydrogens is 283 g/mol. The zero-order chi connectivity index (χ0) is 16.2. The number of ether oxygens (including phenoxy) is 1. The summed E-state index contributed by atoms with van der Waals surface area (Å²) < 4.78 is 16.4. The van der Waals surface area contributed by atoms with Crippen molar-refractivity contribution >= 4 is 24.5 Å². The summed E-state index contributed by atoms with van der Waals surface area (Å²) in [7, 11) is -0.359. The Morgan fingerprint density at radius 2 is 2.09 bits per heavy atom. The second-order valence-corrected chi connectivity index (χ2v) is 6.09. The quantitative estimate of drug-likeness (QED) is 0.491. The maximum Gasteiger partial charge on any atom is 0.477 e. The number of carbonyl (C=O) groups is 1. The minimum atomic E-state index is -0.399. The fraction of sp³-hybridized carbons (Fsp3) is 0.533. The van der Waals surface area contributed by atoms with Gasteiger partial charge in [-0.1, -0.05) is 19.9 Å². The highest BCUT2D eigenvalue weighted by Gasteiger charge is 2.32. The molecule has 0 unspecified atom stereocenters. The number of esters is 1. The highest BCUT2D eigenvalue weighted by molar-refractivity contribution is 6.45. The van der Waals surface area contributed by atoms with Gasteiger partial charge in [0.2, 0.25) is 0 Å². The molecule has 0 aliphatic carbocycles. The molecule has 1 heterocycles. The Balaban J connectivity index is 2.02. The van der Waals surface area contributed by atoms with Crippen LogP contribution in [0.2, 0.25) is 0 Å². The molecule has 0 bridgehead atoms. The van der Waals surface area contributed by atoms with Crippen molar-refractivity contribution in [2.45, 2.75) is 20.8 Å². The lowest BCUT2D eigenvalue weighted by molar-refractivity contribution is 0.0293. The van der Waals surface area contributed by atoms with Crippen molar-refractivity contribution in [3.63, 3.8) is 0 Å². The number of hydrogen-bond donors (Lipinski definition) is 2. The summed E-state index contributed by atoms with van der Waals surface area (Å²) in [6.45, 7) is 7.53. The second-order valence-electron chi connectivity index (χ2n) is 6.09. The molecule has 0 spiro atoms. The Labute approximate surface area is 131 Å². The third kappa shape index (κ3) is 4.14. The number of nitrogens with two attached hydrogens (primary N) is 1. The van der Waals surface area contributed by atoms with E-state index in [1.807, 2.05) is 0 Å². The van der Waals surface area contributed by atoms with Crippen molar-refractivity contribution in [1.82, 2.24) is 0 Å². The predicted molar refractivity (Wildman–Crippen MR) is 86.7 cm³/mol. The van der Waals surface area contributed by atoms with E-state index >= 15 is 0 Å². The van der Waals surface area contributed by atoms with Crippen LogP contribution in [-0.4, -0.2) is 39.4 Å². The third-order valence-corrected chi connectivity index (χ3v) is 3.36. The summed E-state index contributed by atoms with van der Waals surface area (Å²) in [4.78, 5) is 12.0. The van der Waals surface area contributed by atoms with E-state index in [0.717, 1.165) is 0 Å². The molecule has 1 aliphatic rings. The van der Waals surface area contributed by atoms with Gasteiger partial charge in [0.1, 0.15) is 0 Å². The van der Waals surface area contributed by atoms with E-state index in [2.05, 4.69) is 19.2 Å². The highest BCUT2D eigenvalue weighted by atomic mass is 16.6. The Morgan fingerprint density at radius 3 is 2.73 bits per heavy atom. The summed E-state index contributed by atoms with van der Waals surface area (Å²) >= 11 is 0. The lowest BCUT2D eigenvalue weighted by Crippen LogP contribution is -2.44. The first kappa shape index (κ1) is 16.6. The lowest BCUT2D eigenvalue weighted by Gasteiger charge is -2.33. The molecule has 22 heavy (non-hydrogen) atoms. The first-order valence-electron chi connectivity index (χ1n) is 7.45. The number of benzene rings is 1. The SMILES string of the molecule is CCOC(=O)c1cccc(N)c1NCB1OCC(C)(C)CO1. The molecule has 0 saturated carbocycles. The Kier molecular flexibility index (Phi) is 5.31. The molecule has 0 radical (unpaired) electrons. The van der Waals surface area contributed by atoms with Crippen LogP contribution >= 0.6 is 0 Å². The summed E-state index contributed by atoms with van der Waals surface area (Å²) in [6.07, 6.45) is 0.413. The number of anilines is 2. The minimum absolute atomic E-state index is 0.0262. The molecule has 1 aromatic rings. The summed E-state index contributed by atoms with van der Waals surface area (Å²) in [5.41, 5.74) is 7.44. The summed E-state index contributed by atoms with van der Waals surface area (Å²) in [5, 5.41) is 3.14. The third-order valence-electron chi connectivity index (χ3n) is 3.36. The molecule has 1 aliphatic heterocycles. The molecule has 0 atom stereocenters. The van der Waals surface area contributed by atoms with Crippen molar-refractivity contribution in [3.05, 3.63) is 23.8 Å². The smallest absolute Gasteiger partial charge is 0.462 e. The standard InChI is InChI=1S/C15H23BN2O4/c1-4-20-14(19)11-6-5-7-12(17)13(11)18-10-16-21-8-15(2,3)9-22-16/h5-7,18H,4,8-10,17H2,1-3H3. The Hall–Kier alpha value is -1.73. The number of nitrogen functional groups attached to an aromatic ring is 1. The maximum atomic E-state index is 12.0. The highest BCUT2D eigenvalue weighted by Crippen LogP contribution is 2.25. The van der Waals surface area contributed by atoms with Crippen molar-refractivity contribution in [2.75, 3.05) is 37.3 Å². The minimum Gasteiger partial charge on any atom is -0.462 e. The van der Waals surface area contributed by atoms with Crippen LogP contribution in [0.5, 0.6) is 0 Å². The van der Waals surface area contributed by atoms with Gasteiger partial charge in [-0.2, -0.15) is 0 Å². The zero-order valence-electron chi connectivity index (χ0n) is 13.3. The largest absolute Gasteiger partial charge is 0.477 e. The fourth-order valence-corrected chi connectivity index (χ4v) is 2.18. The van der Waals surface area contributed by atoms with Crippen LogP contribution in [0.25, 0.3) is 0 Å². The van der Waals surface area contributed by atoms with Crippen LogP contribution in [0.3, 0.4) is 0 Å². The number of rotatable bonds is 5. The number of para-hydroxylation sites is 1. The average Bonchev–Trinajstić information content (AvgIpc) is 2.47. The van der Waals surface area contributed by atoms with Gasteiger partial charge >= 0.3 is 13.1 Å². The molecule has 1 fully saturated rings. The van der Waals surface area contributed by atoms with Crippen molar-refractivity contribution < 1.29 is 18.8 Å². The van der Waals surface area contributed by atoms with Gasteiger partial charge in [-0.15, -0.1) is 0 Å². The maximum absolute atomic E-state index is 12.0. The van der Waals surface area contributed by atoms with Gasteiger partial charge < -0.3 is 25.1 Å².